The number of rotatable bonds is 7. The zero-order valence-electron chi connectivity index (χ0n) is 13.9. The van der Waals surface area contributed by atoms with Crippen LogP contribution in [0.25, 0.3) is 0 Å². The van der Waals surface area contributed by atoms with Crippen molar-refractivity contribution in [2.45, 2.75) is 52.6 Å². The molecule has 4 nitrogen and oxygen atoms in total. The summed E-state index contributed by atoms with van der Waals surface area (Å²) in [5, 5.41) is 6.83. The van der Waals surface area contributed by atoms with E-state index in [9.17, 15) is 0 Å². The third-order valence-electron chi connectivity index (χ3n) is 3.97. The molecule has 0 heterocycles. The number of hydrogen-bond acceptors (Lipinski definition) is 2. The summed E-state index contributed by atoms with van der Waals surface area (Å²) in [6.45, 7) is 10.6. The van der Waals surface area contributed by atoms with Crippen molar-refractivity contribution in [2.75, 3.05) is 27.2 Å². The lowest BCUT2D eigenvalue weighted by Gasteiger charge is -2.24. The van der Waals surface area contributed by atoms with E-state index in [0.29, 0.717) is 18.0 Å². The van der Waals surface area contributed by atoms with E-state index >= 15 is 0 Å². The van der Waals surface area contributed by atoms with Crippen LogP contribution in [0.1, 0.15) is 40.5 Å². The fraction of sp³-hybridized carbons (Fsp3) is 0.933. The summed E-state index contributed by atoms with van der Waals surface area (Å²) < 4.78 is 0. The van der Waals surface area contributed by atoms with Gasteiger partial charge in [-0.15, -0.1) is 24.0 Å². The van der Waals surface area contributed by atoms with Crippen molar-refractivity contribution in [3.63, 3.8) is 0 Å². The molecule has 0 spiro atoms. The molecule has 0 bridgehead atoms. The Kier molecular flexibility index (Phi) is 9.80. The van der Waals surface area contributed by atoms with Crippen LogP contribution >= 0.6 is 24.0 Å². The predicted molar refractivity (Wildman–Crippen MR) is 99.0 cm³/mol. The molecule has 0 radical (unpaired) electrons. The first kappa shape index (κ1) is 20.0. The Morgan fingerprint density at radius 3 is 2.25 bits per heavy atom. The van der Waals surface area contributed by atoms with E-state index in [0.717, 1.165) is 25.0 Å². The van der Waals surface area contributed by atoms with Crippen LogP contribution < -0.4 is 10.6 Å². The first-order valence-electron chi connectivity index (χ1n) is 7.67. The van der Waals surface area contributed by atoms with Gasteiger partial charge in [0, 0.05) is 18.6 Å². The third kappa shape index (κ3) is 7.11. The second-order valence-corrected chi connectivity index (χ2v) is 6.27. The molecule has 1 aliphatic rings. The standard InChI is InChI=1S/C15H32N4.HI/c1-7-16-15(18-12(4)11(2)3)17-10-14(19(5)6)13-8-9-13;/h11-14H,7-10H2,1-6H3,(H2,16,17,18);1H. The quantitative estimate of drug-likeness (QED) is 0.395. The third-order valence-corrected chi connectivity index (χ3v) is 3.97. The summed E-state index contributed by atoms with van der Waals surface area (Å²) in [6.07, 6.45) is 2.73. The van der Waals surface area contributed by atoms with E-state index in [4.69, 9.17) is 4.99 Å². The molecule has 1 saturated carbocycles. The molecular formula is C15H33IN4. The molecule has 20 heavy (non-hydrogen) atoms. The SMILES string of the molecule is CCNC(=NCC(C1CC1)N(C)C)NC(C)C(C)C.I. The van der Waals surface area contributed by atoms with Crippen LogP contribution in [-0.2, 0) is 0 Å². The van der Waals surface area contributed by atoms with Gasteiger partial charge in [0.1, 0.15) is 0 Å². The van der Waals surface area contributed by atoms with Crippen LogP contribution in [0.4, 0.5) is 0 Å². The van der Waals surface area contributed by atoms with Gasteiger partial charge in [-0.1, -0.05) is 13.8 Å². The lowest BCUT2D eigenvalue weighted by molar-refractivity contribution is 0.271. The Morgan fingerprint density at radius 2 is 1.85 bits per heavy atom. The van der Waals surface area contributed by atoms with E-state index < -0.39 is 0 Å². The highest BCUT2D eigenvalue weighted by Gasteiger charge is 2.32. The predicted octanol–water partition coefficient (Wildman–Crippen LogP) is 2.54. The summed E-state index contributed by atoms with van der Waals surface area (Å²) >= 11 is 0. The smallest absolute Gasteiger partial charge is 0.191 e. The molecule has 2 atom stereocenters. The van der Waals surface area contributed by atoms with Crippen LogP contribution in [0, 0.1) is 11.8 Å². The molecular weight excluding hydrogens is 363 g/mol. The van der Waals surface area contributed by atoms with Gasteiger partial charge >= 0.3 is 0 Å². The topological polar surface area (TPSA) is 39.7 Å². The fourth-order valence-electron chi connectivity index (χ4n) is 2.10. The van der Waals surface area contributed by atoms with Crippen molar-refractivity contribution in [1.29, 1.82) is 0 Å². The van der Waals surface area contributed by atoms with Crippen molar-refractivity contribution >= 4 is 29.9 Å². The summed E-state index contributed by atoms with van der Waals surface area (Å²) in [7, 11) is 4.32. The van der Waals surface area contributed by atoms with Gasteiger partial charge in [0.2, 0.25) is 0 Å². The second kappa shape index (κ2) is 9.82. The Bertz CT molecular complexity index is 286. The first-order valence-corrected chi connectivity index (χ1v) is 7.67. The average molecular weight is 396 g/mol. The molecule has 1 rings (SSSR count). The minimum Gasteiger partial charge on any atom is -0.357 e. The van der Waals surface area contributed by atoms with Crippen LogP contribution in [-0.4, -0.2) is 50.1 Å². The summed E-state index contributed by atoms with van der Waals surface area (Å²) in [6, 6.07) is 1.03. The van der Waals surface area contributed by atoms with Crippen molar-refractivity contribution < 1.29 is 0 Å². The summed E-state index contributed by atoms with van der Waals surface area (Å²) in [5.41, 5.74) is 0. The van der Waals surface area contributed by atoms with Gasteiger partial charge in [-0.25, -0.2) is 0 Å². The highest BCUT2D eigenvalue weighted by Crippen LogP contribution is 2.34. The van der Waals surface area contributed by atoms with Gasteiger partial charge in [-0.3, -0.25) is 4.99 Å². The molecule has 5 heteroatoms. The minimum absolute atomic E-state index is 0. The number of likely N-dealkylation sites (N-methyl/N-ethyl adjacent to an activating group) is 1. The number of aliphatic imine (C=N–C) groups is 1. The lowest BCUT2D eigenvalue weighted by atomic mass is 10.1. The van der Waals surface area contributed by atoms with Gasteiger partial charge in [-0.05, 0) is 52.6 Å². The largest absolute Gasteiger partial charge is 0.357 e. The lowest BCUT2D eigenvalue weighted by Crippen LogP contribution is -2.45. The van der Waals surface area contributed by atoms with Gasteiger partial charge < -0.3 is 15.5 Å². The number of guanidine groups is 1. The van der Waals surface area contributed by atoms with Gasteiger partial charge in [-0.2, -0.15) is 0 Å². The van der Waals surface area contributed by atoms with E-state index in [1.54, 1.807) is 0 Å². The Balaban J connectivity index is 0.00000361. The van der Waals surface area contributed by atoms with E-state index in [1.807, 2.05) is 0 Å². The summed E-state index contributed by atoms with van der Waals surface area (Å²) in [5.74, 6) is 2.41. The number of nitrogens with one attached hydrogen (secondary N) is 2. The highest BCUT2D eigenvalue weighted by molar-refractivity contribution is 14.0. The van der Waals surface area contributed by atoms with Gasteiger partial charge in [0.25, 0.3) is 0 Å². The number of halogens is 1. The molecule has 120 valence electrons. The zero-order valence-corrected chi connectivity index (χ0v) is 16.3. The second-order valence-electron chi connectivity index (χ2n) is 6.27. The molecule has 2 N–H and O–H groups in total. The van der Waals surface area contributed by atoms with Crippen molar-refractivity contribution in [3.05, 3.63) is 0 Å². The first-order chi connectivity index (χ1) is 8.95. The maximum absolute atomic E-state index is 4.77. The Hall–Kier alpha value is -0.0400. The minimum atomic E-state index is 0. The Morgan fingerprint density at radius 1 is 1.25 bits per heavy atom. The fourth-order valence-corrected chi connectivity index (χ4v) is 2.10. The molecule has 2 unspecified atom stereocenters. The van der Waals surface area contributed by atoms with Crippen LogP contribution in [0.3, 0.4) is 0 Å². The van der Waals surface area contributed by atoms with Gasteiger partial charge in [0.05, 0.1) is 6.54 Å². The molecule has 1 aliphatic carbocycles. The van der Waals surface area contributed by atoms with Crippen molar-refractivity contribution in [1.82, 2.24) is 15.5 Å². The maximum Gasteiger partial charge on any atom is 0.191 e. The van der Waals surface area contributed by atoms with Crippen molar-refractivity contribution in [3.8, 4) is 0 Å². The normalized spacial score (nSPS) is 18.7. The Labute approximate surface area is 142 Å². The van der Waals surface area contributed by atoms with Crippen molar-refractivity contribution in [2.24, 2.45) is 16.8 Å². The van der Waals surface area contributed by atoms with Crippen LogP contribution in [0.15, 0.2) is 4.99 Å². The van der Waals surface area contributed by atoms with E-state index in [-0.39, 0.29) is 24.0 Å². The molecule has 0 aromatic rings. The highest BCUT2D eigenvalue weighted by atomic mass is 127. The van der Waals surface area contributed by atoms with E-state index in [1.165, 1.54) is 12.8 Å². The molecule has 0 aromatic carbocycles. The molecule has 1 fully saturated rings. The number of hydrogen-bond donors (Lipinski definition) is 2. The maximum atomic E-state index is 4.77. The average Bonchev–Trinajstić information content (AvgIpc) is 3.13. The van der Waals surface area contributed by atoms with Gasteiger partial charge in [0.15, 0.2) is 5.96 Å². The summed E-state index contributed by atoms with van der Waals surface area (Å²) in [4.78, 5) is 7.09. The van der Waals surface area contributed by atoms with Crippen LogP contribution in [0.2, 0.25) is 0 Å². The molecule has 0 aliphatic heterocycles. The van der Waals surface area contributed by atoms with E-state index in [2.05, 4.69) is 57.3 Å². The van der Waals surface area contributed by atoms with Crippen LogP contribution in [0.5, 0.6) is 0 Å². The molecule has 0 aromatic heterocycles. The zero-order chi connectivity index (χ0) is 14.4. The monoisotopic (exact) mass is 396 g/mol. The molecule has 0 saturated heterocycles. The molecule has 0 amide bonds. The number of nitrogens with zero attached hydrogens (tertiary/aromatic N) is 2.